The van der Waals surface area contributed by atoms with Crippen molar-refractivity contribution < 1.29 is 35.5 Å². The fraction of sp³-hybridized carbons (Fsp3) is 0.333. The summed E-state index contributed by atoms with van der Waals surface area (Å²) in [7, 11) is 0. The van der Waals surface area contributed by atoms with Gasteiger partial charge in [-0.1, -0.05) is 0 Å². The number of rotatable bonds is 3. The van der Waals surface area contributed by atoms with Crippen molar-refractivity contribution in [2.24, 2.45) is 0 Å². The number of ether oxygens (including phenoxy) is 1. The minimum absolute atomic E-state index is 0.0848. The SMILES string of the molecule is CC(C)(Oc1ncc(-c2ccc3nnc(C(F)(F)F)n3n2)cc1F)C(F)(F)F. The third-order valence-corrected chi connectivity index (χ3v) is 3.65. The van der Waals surface area contributed by atoms with E-state index in [1.807, 2.05) is 0 Å². The lowest BCUT2D eigenvalue weighted by atomic mass is 10.1. The van der Waals surface area contributed by atoms with Gasteiger partial charge in [0.1, 0.15) is 0 Å². The summed E-state index contributed by atoms with van der Waals surface area (Å²) in [4.78, 5) is 3.49. The molecule has 0 saturated carbocycles. The predicted octanol–water partition coefficient (Wildman–Crippen LogP) is 4.06. The van der Waals surface area contributed by atoms with E-state index in [1.165, 1.54) is 12.1 Å². The second-order valence-electron chi connectivity index (χ2n) is 6.13. The maximum absolute atomic E-state index is 14.2. The second-order valence-corrected chi connectivity index (χ2v) is 6.13. The fourth-order valence-corrected chi connectivity index (χ4v) is 2.06. The van der Waals surface area contributed by atoms with Gasteiger partial charge in [0.05, 0.1) is 5.69 Å². The van der Waals surface area contributed by atoms with Crippen molar-refractivity contribution in [2.45, 2.75) is 31.8 Å². The molecule has 3 aromatic rings. The van der Waals surface area contributed by atoms with Gasteiger partial charge in [-0.25, -0.2) is 9.37 Å². The molecule has 6 nitrogen and oxygen atoms in total. The van der Waals surface area contributed by atoms with Gasteiger partial charge in [-0.05, 0) is 32.0 Å². The van der Waals surface area contributed by atoms with Crippen LogP contribution >= 0.6 is 0 Å². The summed E-state index contributed by atoms with van der Waals surface area (Å²) in [6.45, 7) is 1.39. The molecule has 0 aliphatic rings. The Hall–Kier alpha value is -2.99. The van der Waals surface area contributed by atoms with Crippen LogP contribution in [0, 0.1) is 5.82 Å². The first-order valence-electron chi connectivity index (χ1n) is 7.51. The van der Waals surface area contributed by atoms with Crippen molar-refractivity contribution in [3.63, 3.8) is 0 Å². The normalized spacial score (nSPS) is 13.2. The number of alkyl halides is 6. The van der Waals surface area contributed by atoms with Gasteiger partial charge in [0.2, 0.25) is 0 Å². The van der Waals surface area contributed by atoms with E-state index in [0.717, 1.165) is 12.3 Å². The number of halogens is 7. The van der Waals surface area contributed by atoms with Gasteiger partial charge < -0.3 is 4.74 Å². The van der Waals surface area contributed by atoms with Crippen molar-refractivity contribution in [2.75, 3.05) is 0 Å². The lowest BCUT2D eigenvalue weighted by molar-refractivity contribution is -0.235. The molecule has 150 valence electrons. The highest BCUT2D eigenvalue weighted by molar-refractivity contribution is 5.59. The number of aromatic nitrogens is 5. The molecule has 0 unspecified atom stereocenters. The number of fused-ring (bicyclic) bond motifs is 1. The van der Waals surface area contributed by atoms with Crippen LogP contribution in [0.4, 0.5) is 30.7 Å². The van der Waals surface area contributed by atoms with Crippen LogP contribution in [0.5, 0.6) is 5.88 Å². The van der Waals surface area contributed by atoms with Crippen molar-refractivity contribution in [3.05, 3.63) is 36.0 Å². The van der Waals surface area contributed by atoms with Crippen LogP contribution < -0.4 is 4.74 Å². The van der Waals surface area contributed by atoms with Crippen molar-refractivity contribution in [3.8, 4) is 17.1 Å². The van der Waals surface area contributed by atoms with Crippen LogP contribution in [-0.4, -0.2) is 36.6 Å². The molecule has 0 aliphatic carbocycles. The summed E-state index contributed by atoms with van der Waals surface area (Å²) in [6, 6.07) is 3.15. The van der Waals surface area contributed by atoms with E-state index < -0.39 is 35.5 Å². The summed E-state index contributed by atoms with van der Waals surface area (Å²) in [5.74, 6) is -3.53. The Bertz CT molecular complexity index is 1030. The lowest BCUT2D eigenvalue weighted by Crippen LogP contribution is -2.45. The number of pyridine rings is 1. The summed E-state index contributed by atoms with van der Waals surface area (Å²) in [5, 5.41) is 10.0. The Morgan fingerprint density at radius 2 is 1.68 bits per heavy atom. The fourth-order valence-electron chi connectivity index (χ4n) is 2.06. The van der Waals surface area contributed by atoms with Gasteiger partial charge in [0.25, 0.3) is 11.7 Å². The first-order valence-corrected chi connectivity index (χ1v) is 7.51. The van der Waals surface area contributed by atoms with Crippen LogP contribution in [0.3, 0.4) is 0 Å². The molecule has 0 aromatic carbocycles. The standard InChI is InChI=1S/C15H10F7N5O/c1-13(2,15(20,21)22)28-11-8(16)5-7(6-23-11)9-3-4-10-24-25-12(14(17,18)19)27(10)26-9/h3-6H,1-2H3. The van der Waals surface area contributed by atoms with E-state index in [9.17, 15) is 30.7 Å². The van der Waals surface area contributed by atoms with Gasteiger partial charge in [0, 0.05) is 11.8 Å². The van der Waals surface area contributed by atoms with Crippen molar-refractivity contribution in [1.29, 1.82) is 0 Å². The second kappa shape index (κ2) is 6.27. The lowest BCUT2D eigenvalue weighted by Gasteiger charge is -2.28. The molecular formula is C15H10F7N5O. The van der Waals surface area contributed by atoms with Gasteiger partial charge in [0.15, 0.2) is 17.1 Å². The van der Waals surface area contributed by atoms with Gasteiger partial charge in [-0.2, -0.15) is 36.0 Å². The van der Waals surface area contributed by atoms with E-state index in [-0.39, 0.29) is 16.9 Å². The largest absolute Gasteiger partial charge is 0.460 e. The highest BCUT2D eigenvalue weighted by Crippen LogP contribution is 2.35. The van der Waals surface area contributed by atoms with Crippen LogP contribution in [-0.2, 0) is 6.18 Å². The van der Waals surface area contributed by atoms with Crippen LogP contribution in [0.2, 0.25) is 0 Å². The Kier molecular flexibility index (Phi) is 4.43. The predicted molar refractivity (Wildman–Crippen MR) is 79.7 cm³/mol. The maximum atomic E-state index is 14.2. The minimum atomic E-state index is -4.82. The third kappa shape index (κ3) is 3.55. The molecule has 3 heterocycles. The zero-order valence-corrected chi connectivity index (χ0v) is 14.1. The van der Waals surface area contributed by atoms with E-state index in [0.29, 0.717) is 18.4 Å². The third-order valence-electron chi connectivity index (χ3n) is 3.65. The van der Waals surface area contributed by atoms with Crippen molar-refractivity contribution >= 4 is 5.65 Å². The van der Waals surface area contributed by atoms with Crippen LogP contribution in [0.1, 0.15) is 19.7 Å². The molecule has 0 radical (unpaired) electrons. The zero-order valence-electron chi connectivity index (χ0n) is 14.1. The first-order chi connectivity index (χ1) is 12.8. The van der Waals surface area contributed by atoms with Gasteiger partial charge in [-0.15, -0.1) is 10.2 Å². The zero-order chi connectivity index (χ0) is 20.9. The summed E-state index contributed by atoms with van der Waals surface area (Å²) in [6.07, 6.45) is -8.68. The number of nitrogens with zero attached hydrogens (tertiary/aromatic N) is 5. The highest BCUT2D eigenvalue weighted by atomic mass is 19.4. The number of hydrogen-bond acceptors (Lipinski definition) is 5. The Balaban J connectivity index is 1.98. The van der Waals surface area contributed by atoms with Gasteiger partial charge >= 0.3 is 12.4 Å². The number of hydrogen-bond donors (Lipinski definition) is 0. The van der Waals surface area contributed by atoms with Gasteiger partial charge in [-0.3, -0.25) is 0 Å². The molecule has 0 spiro atoms. The quantitative estimate of drug-likeness (QED) is 0.611. The first kappa shape index (κ1) is 19.8. The van der Waals surface area contributed by atoms with E-state index in [4.69, 9.17) is 0 Å². The molecule has 0 bridgehead atoms. The molecule has 0 N–H and O–H groups in total. The van der Waals surface area contributed by atoms with E-state index in [2.05, 4.69) is 25.0 Å². The van der Waals surface area contributed by atoms with Crippen molar-refractivity contribution in [1.82, 2.24) is 24.8 Å². The summed E-state index contributed by atoms with van der Waals surface area (Å²) < 4.78 is 96.5. The van der Waals surface area contributed by atoms with Crippen LogP contribution in [0.15, 0.2) is 24.4 Å². The monoisotopic (exact) mass is 409 g/mol. The molecule has 0 saturated heterocycles. The molecule has 0 fully saturated rings. The Morgan fingerprint density at radius 3 is 2.25 bits per heavy atom. The topological polar surface area (TPSA) is 65.2 Å². The molecule has 0 amide bonds. The minimum Gasteiger partial charge on any atom is -0.460 e. The highest BCUT2D eigenvalue weighted by Gasteiger charge is 2.50. The smallest absolute Gasteiger partial charge is 0.453 e. The van der Waals surface area contributed by atoms with Crippen LogP contribution in [0.25, 0.3) is 16.9 Å². The maximum Gasteiger partial charge on any atom is 0.453 e. The Morgan fingerprint density at radius 1 is 1.00 bits per heavy atom. The summed E-state index contributed by atoms with van der Waals surface area (Å²) in [5.41, 5.74) is -3.12. The average Bonchev–Trinajstić information content (AvgIpc) is 2.98. The average molecular weight is 409 g/mol. The molecule has 3 aromatic heterocycles. The molecule has 3 rings (SSSR count). The molecule has 13 heteroatoms. The molecular weight excluding hydrogens is 399 g/mol. The Labute approximate surface area is 152 Å². The van der Waals surface area contributed by atoms with E-state index in [1.54, 1.807) is 0 Å². The molecule has 0 aliphatic heterocycles. The molecule has 28 heavy (non-hydrogen) atoms. The van der Waals surface area contributed by atoms with E-state index >= 15 is 0 Å². The molecule has 0 atom stereocenters. The summed E-state index contributed by atoms with van der Waals surface area (Å²) >= 11 is 0.